The lowest BCUT2D eigenvalue weighted by atomic mass is 10.1. The Morgan fingerprint density at radius 1 is 1.33 bits per heavy atom. The molecule has 0 unspecified atom stereocenters. The van der Waals surface area contributed by atoms with Crippen molar-refractivity contribution in [2.75, 3.05) is 12.8 Å². The van der Waals surface area contributed by atoms with Crippen LogP contribution in [-0.4, -0.2) is 12.1 Å². The summed E-state index contributed by atoms with van der Waals surface area (Å²) in [7, 11) is 1.42. The summed E-state index contributed by atoms with van der Waals surface area (Å²) in [6.45, 7) is 1.82. The van der Waals surface area contributed by atoms with Crippen LogP contribution >= 0.6 is 0 Å². The second-order valence-electron chi connectivity index (χ2n) is 3.36. The van der Waals surface area contributed by atoms with Crippen LogP contribution in [0.3, 0.4) is 0 Å². The molecule has 1 aromatic carbocycles. The van der Waals surface area contributed by atoms with Gasteiger partial charge in [-0.15, -0.1) is 0 Å². The van der Waals surface area contributed by atoms with E-state index in [-0.39, 0.29) is 5.75 Å². The second-order valence-corrected chi connectivity index (χ2v) is 3.36. The predicted molar refractivity (Wildman–Crippen MR) is 57.4 cm³/mol. The Hall–Kier alpha value is -1.84. The number of fused-ring (bicyclic) bond motifs is 1. The molecule has 0 radical (unpaired) electrons. The fraction of sp³-hybridized carbons (Fsp3) is 0.182. The summed E-state index contributed by atoms with van der Waals surface area (Å²) in [5.74, 6) is -0.248. The van der Waals surface area contributed by atoms with E-state index in [2.05, 4.69) is 4.98 Å². The van der Waals surface area contributed by atoms with Gasteiger partial charge in [0.15, 0.2) is 11.6 Å². The number of methoxy groups -OCH3 is 1. The molecule has 2 N–H and O–H groups in total. The van der Waals surface area contributed by atoms with Crippen molar-refractivity contribution in [2.24, 2.45) is 0 Å². The molecule has 0 saturated carbocycles. The summed E-state index contributed by atoms with van der Waals surface area (Å²) in [6, 6.07) is 4.64. The van der Waals surface area contributed by atoms with Crippen molar-refractivity contribution in [3.05, 3.63) is 29.7 Å². The van der Waals surface area contributed by atoms with Gasteiger partial charge in [0.05, 0.1) is 12.6 Å². The van der Waals surface area contributed by atoms with E-state index in [0.29, 0.717) is 16.6 Å². The average molecular weight is 206 g/mol. The summed E-state index contributed by atoms with van der Waals surface area (Å²) in [5.41, 5.74) is 7.71. The third-order valence-corrected chi connectivity index (χ3v) is 2.24. The van der Waals surface area contributed by atoms with Crippen molar-refractivity contribution in [3.8, 4) is 5.75 Å². The topological polar surface area (TPSA) is 48.1 Å². The van der Waals surface area contributed by atoms with Crippen molar-refractivity contribution >= 4 is 16.6 Å². The maximum atomic E-state index is 13.4. The molecule has 4 heteroatoms. The zero-order valence-electron chi connectivity index (χ0n) is 8.54. The molecule has 1 aromatic heterocycles. The van der Waals surface area contributed by atoms with E-state index < -0.39 is 5.82 Å². The molecule has 3 nitrogen and oxygen atoms in total. The van der Waals surface area contributed by atoms with E-state index in [1.165, 1.54) is 13.2 Å². The van der Waals surface area contributed by atoms with Crippen LogP contribution in [0, 0.1) is 12.7 Å². The fourth-order valence-corrected chi connectivity index (χ4v) is 1.55. The van der Waals surface area contributed by atoms with Gasteiger partial charge in [-0.25, -0.2) is 4.39 Å². The van der Waals surface area contributed by atoms with Gasteiger partial charge in [0.1, 0.15) is 0 Å². The first kappa shape index (κ1) is 9.71. The molecule has 1 heterocycles. The number of nitrogens with two attached hydrogens (primary N) is 1. The lowest BCUT2D eigenvalue weighted by Gasteiger charge is -2.06. The molecule has 0 bridgehead atoms. The van der Waals surface area contributed by atoms with E-state index in [0.717, 1.165) is 5.69 Å². The lowest BCUT2D eigenvalue weighted by molar-refractivity contribution is 0.387. The van der Waals surface area contributed by atoms with Gasteiger partial charge >= 0.3 is 0 Å². The van der Waals surface area contributed by atoms with Crippen LogP contribution in [0.15, 0.2) is 18.2 Å². The molecule has 0 atom stereocenters. The monoisotopic (exact) mass is 206 g/mol. The Bertz CT molecular complexity index is 525. The summed E-state index contributed by atoms with van der Waals surface area (Å²) < 4.78 is 18.3. The first-order valence-electron chi connectivity index (χ1n) is 4.52. The van der Waals surface area contributed by atoms with E-state index in [9.17, 15) is 4.39 Å². The summed E-state index contributed by atoms with van der Waals surface area (Å²) in [4.78, 5) is 4.20. The molecule has 0 aliphatic rings. The quantitative estimate of drug-likeness (QED) is 0.778. The highest BCUT2D eigenvalue weighted by Gasteiger charge is 2.08. The number of aryl methyl sites for hydroxylation is 1. The van der Waals surface area contributed by atoms with Crippen LogP contribution in [0.5, 0.6) is 5.75 Å². The zero-order valence-corrected chi connectivity index (χ0v) is 8.54. The highest BCUT2D eigenvalue weighted by atomic mass is 19.1. The standard InChI is InChI=1S/C11H11FN2O/c1-6-3-9(13)7-4-11(15-2)8(12)5-10(7)14-6/h3-5H,1-2H3,(H2,13,14). The van der Waals surface area contributed by atoms with Crippen LogP contribution in [0.2, 0.25) is 0 Å². The van der Waals surface area contributed by atoms with Gasteiger partial charge in [-0.2, -0.15) is 0 Å². The van der Waals surface area contributed by atoms with Gasteiger partial charge in [0, 0.05) is 22.8 Å². The minimum atomic E-state index is -0.428. The first-order chi connectivity index (χ1) is 7.11. The number of hydrogen-bond donors (Lipinski definition) is 1. The Morgan fingerprint density at radius 3 is 2.73 bits per heavy atom. The van der Waals surface area contributed by atoms with Gasteiger partial charge in [0.25, 0.3) is 0 Å². The van der Waals surface area contributed by atoms with Crippen LogP contribution in [0.25, 0.3) is 10.9 Å². The minimum absolute atomic E-state index is 0.180. The predicted octanol–water partition coefficient (Wildman–Crippen LogP) is 2.27. The van der Waals surface area contributed by atoms with E-state index in [1.54, 1.807) is 12.1 Å². The first-order valence-corrected chi connectivity index (χ1v) is 4.52. The molecule has 0 aliphatic heterocycles. The molecule has 2 aromatic rings. The molecule has 78 valence electrons. The lowest BCUT2D eigenvalue weighted by Crippen LogP contribution is -1.95. The molecular weight excluding hydrogens is 195 g/mol. The Labute approximate surface area is 86.7 Å². The highest BCUT2D eigenvalue weighted by Crippen LogP contribution is 2.27. The normalized spacial score (nSPS) is 10.6. The van der Waals surface area contributed by atoms with Crippen molar-refractivity contribution in [2.45, 2.75) is 6.92 Å². The third kappa shape index (κ3) is 1.58. The molecule has 15 heavy (non-hydrogen) atoms. The molecule has 0 saturated heterocycles. The number of anilines is 1. The number of aromatic nitrogens is 1. The van der Waals surface area contributed by atoms with Crippen molar-refractivity contribution in [1.29, 1.82) is 0 Å². The van der Waals surface area contributed by atoms with Crippen LogP contribution < -0.4 is 10.5 Å². The number of nitrogen functional groups attached to an aromatic ring is 1. The smallest absolute Gasteiger partial charge is 0.167 e. The Kier molecular flexibility index (Phi) is 2.19. The maximum Gasteiger partial charge on any atom is 0.167 e. The maximum absolute atomic E-state index is 13.4. The third-order valence-electron chi connectivity index (χ3n) is 2.24. The number of halogens is 1. The van der Waals surface area contributed by atoms with Crippen molar-refractivity contribution < 1.29 is 9.13 Å². The SMILES string of the molecule is COc1cc2c(N)cc(C)nc2cc1F. The van der Waals surface area contributed by atoms with Gasteiger partial charge in [0.2, 0.25) is 0 Å². The molecule has 0 amide bonds. The number of pyridine rings is 1. The number of ether oxygens (including phenoxy) is 1. The van der Waals surface area contributed by atoms with Crippen molar-refractivity contribution in [1.82, 2.24) is 4.98 Å². The molecule has 0 fully saturated rings. The largest absolute Gasteiger partial charge is 0.494 e. The molecule has 2 rings (SSSR count). The molecular formula is C11H11FN2O. The van der Waals surface area contributed by atoms with Gasteiger partial charge < -0.3 is 10.5 Å². The average Bonchev–Trinajstić information content (AvgIpc) is 2.16. The van der Waals surface area contributed by atoms with E-state index >= 15 is 0 Å². The number of benzene rings is 1. The summed E-state index contributed by atoms with van der Waals surface area (Å²) in [5, 5.41) is 0.707. The number of rotatable bonds is 1. The fourth-order valence-electron chi connectivity index (χ4n) is 1.55. The summed E-state index contributed by atoms with van der Waals surface area (Å²) >= 11 is 0. The number of hydrogen-bond acceptors (Lipinski definition) is 3. The highest BCUT2D eigenvalue weighted by molar-refractivity contribution is 5.91. The van der Waals surface area contributed by atoms with E-state index in [1.807, 2.05) is 6.92 Å². The minimum Gasteiger partial charge on any atom is -0.494 e. The van der Waals surface area contributed by atoms with Crippen LogP contribution in [-0.2, 0) is 0 Å². The second kappa shape index (κ2) is 3.38. The zero-order chi connectivity index (χ0) is 11.0. The Morgan fingerprint density at radius 2 is 2.07 bits per heavy atom. The van der Waals surface area contributed by atoms with Gasteiger partial charge in [-0.05, 0) is 19.1 Å². The van der Waals surface area contributed by atoms with Crippen LogP contribution in [0.1, 0.15) is 5.69 Å². The molecule has 0 spiro atoms. The Balaban J connectivity index is 2.81. The van der Waals surface area contributed by atoms with Gasteiger partial charge in [-0.1, -0.05) is 0 Å². The molecule has 0 aliphatic carbocycles. The summed E-state index contributed by atoms with van der Waals surface area (Å²) in [6.07, 6.45) is 0. The van der Waals surface area contributed by atoms with Gasteiger partial charge in [-0.3, -0.25) is 4.98 Å². The number of nitrogens with zero attached hydrogens (tertiary/aromatic N) is 1. The van der Waals surface area contributed by atoms with E-state index in [4.69, 9.17) is 10.5 Å². The van der Waals surface area contributed by atoms with Crippen molar-refractivity contribution in [3.63, 3.8) is 0 Å². The van der Waals surface area contributed by atoms with Crippen LogP contribution in [0.4, 0.5) is 10.1 Å².